The summed E-state index contributed by atoms with van der Waals surface area (Å²) in [6, 6.07) is 11.9. The predicted octanol–water partition coefficient (Wildman–Crippen LogP) is 4.18. The Hall–Kier alpha value is -2.68. The van der Waals surface area contributed by atoms with Crippen LogP contribution in [-0.2, 0) is 27.8 Å². The number of ether oxygens (including phenoxy) is 1. The van der Waals surface area contributed by atoms with Gasteiger partial charge in [0.25, 0.3) is 0 Å². The molecule has 0 unspecified atom stereocenters. The van der Waals surface area contributed by atoms with E-state index in [1.54, 1.807) is 28.8 Å². The molecule has 4 rings (SSSR count). The highest BCUT2D eigenvalue weighted by Gasteiger charge is 2.26. The summed E-state index contributed by atoms with van der Waals surface area (Å²) in [5, 5.41) is 2.44. The molecule has 1 aliphatic rings. The second-order valence-electron chi connectivity index (χ2n) is 8.32. The van der Waals surface area contributed by atoms with Gasteiger partial charge in [-0.25, -0.2) is 18.4 Å². The molecule has 1 aromatic carbocycles. The van der Waals surface area contributed by atoms with Crippen molar-refractivity contribution in [3.63, 3.8) is 0 Å². The minimum absolute atomic E-state index is 0.0542. The average molecular weight is 467 g/mol. The number of hydrogen-bond donors (Lipinski definition) is 0. The highest BCUT2D eigenvalue weighted by molar-refractivity contribution is 7.92. The zero-order valence-electron chi connectivity index (χ0n) is 18.9. The first-order valence-corrected chi connectivity index (χ1v) is 12.9. The quantitative estimate of drug-likeness (QED) is 0.440. The molecule has 0 spiro atoms. The van der Waals surface area contributed by atoms with Crippen molar-refractivity contribution in [2.75, 3.05) is 13.1 Å². The summed E-state index contributed by atoms with van der Waals surface area (Å²) in [6.45, 7) is 3.45. The van der Waals surface area contributed by atoms with Crippen LogP contribution in [0.15, 0.2) is 60.3 Å². The molecule has 0 aliphatic carbocycles. The third-order valence-corrected chi connectivity index (χ3v) is 7.45. The molecule has 0 N–H and O–H groups in total. The van der Waals surface area contributed by atoms with Gasteiger partial charge in [0.15, 0.2) is 0 Å². The van der Waals surface area contributed by atoms with Gasteiger partial charge in [0.05, 0.1) is 18.2 Å². The van der Waals surface area contributed by atoms with Crippen LogP contribution in [0.2, 0.25) is 0 Å². The minimum Gasteiger partial charge on any atom is -0.373 e. The van der Waals surface area contributed by atoms with Gasteiger partial charge < -0.3 is 4.74 Å². The zero-order valence-corrected chi connectivity index (χ0v) is 19.7. The molecule has 0 bridgehead atoms. The highest BCUT2D eigenvalue weighted by atomic mass is 32.2. The van der Waals surface area contributed by atoms with Gasteiger partial charge >= 0.3 is 0 Å². The van der Waals surface area contributed by atoms with Gasteiger partial charge in [-0.1, -0.05) is 24.3 Å². The molecule has 1 aliphatic heterocycles. The molecule has 0 atom stereocenters. The van der Waals surface area contributed by atoms with Crippen molar-refractivity contribution in [3.05, 3.63) is 77.4 Å². The molecular formula is C25H30N4O3S. The Morgan fingerprint density at radius 3 is 2.67 bits per heavy atom. The fourth-order valence-corrected chi connectivity index (χ4v) is 5.36. The minimum atomic E-state index is -3.40. The lowest BCUT2D eigenvalue weighted by molar-refractivity contribution is 0.0108. The van der Waals surface area contributed by atoms with Crippen LogP contribution in [0.4, 0.5) is 0 Å². The fourth-order valence-electron chi connectivity index (χ4n) is 4.09. The first-order valence-electron chi connectivity index (χ1n) is 11.4. The van der Waals surface area contributed by atoms with Gasteiger partial charge in [-0.05, 0) is 56.4 Å². The van der Waals surface area contributed by atoms with Gasteiger partial charge in [-0.3, -0.25) is 4.98 Å². The van der Waals surface area contributed by atoms with Gasteiger partial charge in [-0.2, -0.15) is 4.31 Å². The van der Waals surface area contributed by atoms with Crippen LogP contribution in [0.3, 0.4) is 0 Å². The molecule has 174 valence electrons. The molecule has 0 radical (unpaired) electrons. The number of aryl methyl sites for hydroxylation is 2. The average Bonchev–Trinajstić information content (AvgIpc) is 2.83. The second kappa shape index (κ2) is 11.0. The number of unbranched alkanes of at least 4 members (excludes halogenated alkanes) is 1. The molecule has 8 heteroatoms. The molecule has 3 heterocycles. The lowest BCUT2D eigenvalue weighted by Gasteiger charge is -2.30. The number of para-hydroxylation sites is 1. The van der Waals surface area contributed by atoms with Crippen LogP contribution in [0.25, 0.3) is 10.9 Å². The van der Waals surface area contributed by atoms with Crippen molar-refractivity contribution in [1.29, 1.82) is 0 Å². The lowest BCUT2D eigenvalue weighted by atomic mass is 10.1. The number of piperidine rings is 1. The van der Waals surface area contributed by atoms with Crippen molar-refractivity contribution in [1.82, 2.24) is 19.3 Å². The topological polar surface area (TPSA) is 85.3 Å². The summed E-state index contributed by atoms with van der Waals surface area (Å²) in [5.74, 6) is 0.783. The van der Waals surface area contributed by atoms with Crippen molar-refractivity contribution in [2.24, 2.45) is 0 Å². The summed E-state index contributed by atoms with van der Waals surface area (Å²) in [6.07, 6.45) is 8.84. The van der Waals surface area contributed by atoms with E-state index in [4.69, 9.17) is 4.74 Å². The maximum atomic E-state index is 12.7. The van der Waals surface area contributed by atoms with Crippen molar-refractivity contribution < 1.29 is 13.2 Å². The van der Waals surface area contributed by atoms with Crippen molar-refractivity contribution in [2.45, 2.75) is 51.7 Å². The van der Waals surface area contributed by atoms with Gasteiger partial charge in [0, 0.05) is 48.4 Å². The summed E-state index contributed by atoms with van der Waals surface area (Å²) in [4.78, 5) is 12.9. The molecule has 3 aromatic rings. The Balaban J connectivity index is 1.24. The highest BCUT2D eigenvalue weighted by Crippen LogP contribution is 2.23. The molecular weight excluding hydrogens is 436 g/mol. The van der Waals surface area contributed by atoms with E-state index in [0.29, 0.717) is 39.0 Å². The summed E-state index contributed by atoms with van der Waals surface area (Å²) < 4.78 is 33.0. The molecule has 1 fully saturated rings. The summed E-state index contributed by atoms with van der Waals surface area (Å²) in [5.41, 5.74) is 3.06. The van der Waals surface area contributed by atoms with Crippen LogP contribution in [0.1, 0.15) is 42.8 Å². The Morgan fingerprint density at radius 1 is 1.12 bits per heavy atom. The number of benzene rings is 1. The maximum Gasteiger partial charge on any atom is 0.235 e. The van der Waals surface area contributed by atoms with Gasteiger partial charge in [0.2, 0.25) is 10.0 Å². The Kier molecular flexibility index (Phi) is 7.80. The first kappa shape index (κ1) is 23.5. The number of allylic oxidation sites excluding steroid dienone is 1. The van der Waals surface area contributed by atoms with Gasteiger partial charge in [0.1, 0.15) is 5.82 Å². The molecule has 33 heavy (non-hydrogen) atoms. The van der Waals surface area contributed by atoms with E-state index in [1.807, 2.05) is 25.1 Å². The Bertz CT molecular complexity index is 1190. The van der Waals surface area contributed by atoms with E-state index in [0.717, 1.165) is 40.8 Å². The lowest BCUT2D eigenvalue weighted by Crippen LogP contribution is -2.39. The van der Waals surface area contributed by atoms with E-state index in [2.05, 4.69) is 27.1 Å². The number of pyridine rings is 1. The zero-order chi connectivity index (χ0) is 23.1. The van der Waals surface area contributed by atoms with E-state index >= 15 is 0 Å². The fraction of sp³-hybridized carbons (Fsp3) is 0.400. The monoisotopic (exact) mass is 466 g/mol. The standard InChI is InChI=1S/C25H30N4O3S/c1-20-18-21(23-8-4-5-9-24(23)28-20)19-32-22-11-15-29(16-12-22)33(30,31)17-6-2-3-10-25-26-13-7-14-27-25/h4-9,13-14,17-18,22H,2-3,10-12,15-16,19H2,1H3/b17-6+. The largest absolute Gasteiger partial charge is 0.373 e. The van der Waals surface area contributed by atoms with E-state index in [9.17, 15) is 8.42 Å². The summed E-state index contributed by atoms with van der Waals surface area (Å²) in [7, 11) is -3.40. The molecule has 1 saturated heterocycles. The van der Waals surface area contributed by atoms with Crippen molar-refractivity contribution in [3.8, 4) is 0 Å². The Labute approximate surface area is 195 Å². The normalized spacial score (nSPS) is 16.0. The van der Waals surface area contributed by atoms with Crippen LogP contribution >= 0.6 is 0 Å². The second-order valence-corrected chi connectivity index (χ2v) is 10.1. The van der Waals surface area contributed by atoms with E-state index < -0.39 is 10.0 Å². The first-order chi connectivity index (χ1) is 16.0. The number of nitrogens with zero attached hydrogens (tertiary/aromatic N) is 4. The molecule has 2 aromatic heterocycles. The number of sulfonamides is 1. The van der Waals surface area contributed by atoms with Crippen LogP contribution < -0.4 is 0 Å². The third kappa shape index (κ3) is 6.43. The Morgan fingerprint density at radius 2 is 1.88 bits per heavy atom. The molecule has 0 saturated carbocycles. The third-order valence-electron chi connectivity index (χ3n) is 5.82. The number of aromatic nitrogens is 3. The smallest absolute Gasteiger partial charge is 0.235 e. The molecule has 7 nitrogen and oxygen atoms in total. The predicted molar refractivity (Wildman–Crippen MR) is 129 cm³/mol. The van der Waals surface area contributed by atoms with Crippen LogP contribution in [0.5, 0.6) is 0 Å². The number of hydrogen-bond acceptors (Lipinski definition) is 6. The van der Waals surface area contributed by atoms with Crippen molar-refractivity contribution >= 4 is 20.9 Å². The SMILES string of the molecule is Cc1cc(COC2CCN(S(=O)(=O)/C=C/CCCc3ncccn3)CC2)c2ccccc2n1. The van der Waals surface area contributed by atoms with Crippen LogP contribution in [0, 0.1) is 6.92 Å². The maximum absolute atomic E-state index is 12.7. The van der Waals surface area contributed by atoms with E-state index in [-0.39, 0.29) is 6.10 Å². The van der Waals surface area contributed by atoms with Crippen LogP contribution in [-0.4, -0.2) is 46.9 Å². The van der Waals surface area contributed by atoms with Gasteiger partial charge in [-0.15, -0.1) is 0 Å². The summed E-state index contributed by atoms with van der Waals surface area (Å²) >= 11 is 0. The van der Waals surface area contributed by atoms with E-state index in [1.165, 1.54) is 5.41 Å². The number of fused-ring (bicyclic) bond motifs is 1. The number of rotatable bonds is 9. The molecule has 0 amide bonds.